The molecule has 2 aliphatic rings. The second-order valence-electron chi connectivity index (χ2n) is 10.2. The third kappa shape index (κ3) is 8.89. The summed E-state index contributed by atoms with van der Waals surface area (Å²) in [6, 6.07) is 12.4. The van der Waals surface area contributed by atoms with Gasteiger partial charge >= 0.3 is 6.09 Å². The van der Waals surface area contributed by atoms with Gasteiger partial charge in [-0.2, -0.15) is 0 Å². The number of amides is 3. The van der Waals surface area contributed by atoms with Gasteiger partial charge in [0.2, 0.25) is 11.8 Å². The Labute approximate surface area is 242 Å². The van der Waals surface area contributed by atoms with Crippen LogP contribution in [0.5, 0.6) is 0 Å². The smallest absolute Gasteiger partial charge is 0.414 e. The molecule has 41 heavy (non-hydrogen) atoms. The van der Waals surface area contributed by atoms with Crippen LogP contribution in [0.2, 0.25) is 0 Å². The van der Waals surface area contributed by atoms with Gasteiger partial charge in [-0.15, -0.1) is 0 Å². The number of ether oxygens (including phenoxy) is 1. The number of benzene rings is 2. The monoisotopic (exact) mass is 570 g/mol. The summed E-state index contributed by atoms with van der Waals surface area (Å²) in [5.41, 5.74) is 8.33. The lowest BCUT2D eigenvalue weighted by Gasteiger charge is -2.36. The minimum Gasteiger partial charge on any atom is -0.443 e. The van der Waals surface area contributed by atoms with Crippen molar-refractivity contribution in [3.8, 4) is 0 Å². The maximum atomic E-state index is 15.0. The van der Waals surface area contributed by atoms with E-state index in [1.165, 1.54) is 11.0 Å². The molecular formula is C30H43FN6O4. The molecule has 0 saturated carbocycles. The van der Waals surface area contributed by atoms with E-state index in [1.807, 2.05) is 66.9 Å². The van der Waals surface area contributed by atoms with E-state index in [0.29, 0.717) is 57.1 Å². The highest BCUT2D eigenvalue weighted by Gasteiger charge is 2.32. The molecule has 3 N–H and O–H groups in total. The van der Waals surface area contributed by atoms with E-state index in [4.69, 9.17) is 10.5 Å². The van der Waals surface area contributed by atoms with Crippen LogP contribution < -0.4 is 20.9 Å². The first kappa shape index (κ1) is 31.8. The number of anilines is 3. The fraction of sp³-hybridized carbons (Fsp3) is 0.500. The molecule has 0 aliphatic carbocycles. The number of rotatable bonds is 10. The van der Waals surface area contributed by atoms with Gasteiger partial charge in [-0.05, 0) is 62.8 Å². The first-order valence-corrected chi connectivity index (χ1v) is 14.3. The number of carbonyl (C=O) groups excluding carboxylic acids is 3. The Morgan fingerprint density at radius 1 is 1.07 bits per heavy atom. The summed E-state index contributed by atoms with van der Waals surface area (Å²) in [6.07, 6.45) is 1.03. The predicted molar refractivity (Wildman–Crippen MR) is 160 cm³/mol. The topological polar surface area (TPSA) is 111 Å². The van der Waals surface area contributed by atoms with Crippen molar-refractivity contribution >= 4 is 35.0 Å². The van der Waals surface area contributed by atoms with E-state index in [9.17, 15) is 18.8 Å². The third-order valence-corrected chi connectivity index (χ3v) is 6.91. The zero-order valence-corrected chi connectivity index (χ0v) is 24.6. The Kier molecular flexibility index (Phi) is 11.9. The molecule has 2 saturated heterocycles. The Morgan fingerprint density at radius 2 is 1.76 bits per heavy atom. The molecule has 4 rings (SSSR count). The minimum absolute atomic E-state index is 0.0621. The van der Waals surface area contributed by atoms with Crippen molar-refractivity contribution in [3.63, 3.8) is 0 Å². The van der Waals surface area contributed by atoms with Crippen LogP contribution in [0.25, 0.3) is 0 Å². The number of carbonyl (C=O) groups is 3. The molecule has 0 bridgehead atoms. The van der Waals surface area contributed by atoms with E-state index >= 15 is 0 Å². The normalized spacial score (nSPS) is 16.8. The van der Waals surface area contributed by atoms with Crippen LogP contribution in [-0.2, 0) is 20.7 Å². The van der Waals surface area contributed by atoms with E-state index in [-0.39, 0.29) is 18.4 Å². The summed E-state index contributed by atoms with van der Waals surface area (Å²) in [5, 5.41) is 2.86. The fourth-order valence-corrected chi connectivity index (χ4v) is 4.82. The average Bonchev–Trinajstić information content (AvgIpc) is 3.35. The Hall–Kier alpha value is -3.70. The van der Waals surface area contributed by atoms with Gasteiger partial charge in [-0.1, -0.05) is 26.0 Å². The maximum absolute atomic E-state index is 15.0. The summed E-state index contributed by atoms with van der Waals surface area (Å²) >= 11 is 0. The maximum Gasteiger partial charge on any atom is 0.414 e. The summed E-state index contributed by atoms with van der Waals surface area (Å²) in [4.78, 5) is 43.6. The van der Waals surface area contributed by atoms with Gasteiger partial charge in [0.05, 0.1) is 24.5 Å². The summed E-state index contributed by atoms with van der Waals surface area (Å²) in [5.74, 6) is -0.382. The molecule has 0 aromatic heterocycles. The zero-order chi connectivity index (χ0) is 29.9. The molecule has 10 nitrogen and oxygen atoms in total. The van der Waals surface area contributed by atoms with E-state index < -0.39 is 18.0 Å². The molecule has 0 radical (unpaired) electrons. The highest BCUT2D eigenvalue weighted by Crippen LogP contribution is 2.28. The van der Waals surface area contributed by atoms with Crippen molar-refractivity contribution in [1.29, 1.82) is 0 Å². The van der Waals surface area contributed by atoms with Gasteiger partial charge in [0, 0.05) is 44.8 Å². The molecule has 2 heterocycles. The molecular weight excluding hydrogens is 527 g/mol. The Balaban J connectivity index is 0.00000226. The number of hydrogen-bond donors (Lipinski definition) is 2. The third-order valence-electron chi connectivity index (χ3n) is 6.91. The van der Waals surface area contributed by atoms with Crippen LogP contribution in [0.1, 0.15) is 32.3 Å². The number of nitrogens with two attached hydrogens (primary N) is 1. The number of aryl methyl sites for hydroxylation is 1. The number of halogens is 1. The number of likely N-dealkylation sites (N-methyl/N-ethyl adjacent to an activating group) is 1. The fourth-order valence-electron chi connectivity index (χ4n) is 4.82. The largest absolute Gasteiger partial charge is 0.443 e. The summed E-state index contributed by atoms with van der Waals surface area (Å²) in [6.45, 7) is 6.96. The SMILES string of the molecule is CC.CN(C)CC(=O)Nc1ccc(CCCC(=O)N2CCN(c3ccc(N4C[C@H](CN)OC4=O)cc3F)CC2)cc1. The molecule has 3 amide bonds. The van der Waals surface area contributed by atoms with Crippen molar-refractivity contribution in [2.75, 3.05) is 75.0 Å². The molecule has 2 aliphatic heterocycles. The van der Waals surface area contributed by atoms with Crippen molar-refractivity contribution in [3.05, 3.63) is 53.8 Å². The molecule has 1 atom stereocenters. The quantitative estimate of drug-likeness (QED) is 0.451. The molecule has 0 spiro atoms. The minimum atomic E-state index is -0.522. The van der Waals surface area contributed by atoms with Gasteiger partial charge in [-0.3, -0.25) is 14.5 Å². The lowest BCUT2D eigenvalue weighted by molar-refractivity contribution is -0.131. The number of nitrogens with one attached hydrogen (secondary N) is 1. The number of nitrogens with zero attached hydrogens (tertiary/aromatic N) is 4. The highest BCUT2D eigenvalue weighted by atomic mass is 19.1. The summed E-state index contributed by atoms with van der Waals surface area (Å²) in [7, 11) is 3.69. The molecule has 2 aromatic rings. The lowest BCUT2D eigenvalue weighted by atomic mass is 10.1. The molecule has 224 valence electrons. The Morgan fingerprint density at radius 3 is 2.34 bits per heavy atom. The number of cyclic esters (lactones) is 1. The van der Waals surface area contributed by atoms with Crippen LogP contribution in [0.4, 0.5) is 26.2 Å². The summed E-state index contributed by atoms with van der Waals surface area (Å²) < 4.78 is 20.1. The van der Waals surface area contributed by atoms with Gasteiger partial charge < -0.3 is 30.5 Å². The average molecular weight is 571 g/mol. The second kappa shape index (κ2) is 15.3. The van der Waals surface area contributed by atoms with Crippen molar-refractivity contribution in [2.45, 2.75) is 39.2 Å². The predicted octanol–water partition coefficient (Wildman–Crippen LogP) is 3.31. The number of hydrogen-bond acceptors (Lipinski definition) is 7. The lowest BCUT2D eigenvalue weighted by Crippen LogP contribution is -2.49. The Bertz CT molecular complexity index is 1170. The molecule has 2 aromatic carbocycles. The first-order chi connectivity index (χ1) is 19.7. The molecule has 2 fully saturated rings. The van der Waals surface area contributed by atoms with E-state index in [1.54, 1.807) is 12.1 Å². The van der Waals surface area contributed by atoms with Crippen LogP contribution in [0, 0.1) is 5.82 Å². The molecule has 11 heteroatoms. The van der Waals surface area contributed by atoms with Crippen LogP contribution in [0.3, 0.4) is 0 Å². The first-order valence-electron chi connectivity index (χ1n) is 14.3. The second-order valence-corrected chi connectivity index (χ2v) is 10.2. The van der Waals surface area contributed by atoms with E-state index in [2.05, 4.69) is 5.32 Å². The zero-order valence-electron chi connectivity index (χ0n) is 24.6. The van der Waals surface area contributed by atoms with Crippen molar-refractivity contribution in [1.82, 2.24) is 9.80 Å². The number of piperazine rings is 1. The standard InChI is InChI=1S/C28H37FN6O4.C2H6/c1-32(2)19-26(36)31-21-8-6-20(7-9-21)4-3-5-27(37)34-14-12-33(13-15-34)25-11-10-22(16-24(25)29)35-18-23(17-30)39-28(35)38;1-2/h6-11,16,23H,3-5,12-15,17-19,30H2,1-2H3,(H,31,36);1-2H3/t23-;/m0./s1. The van der Waals surface area contributed by atoms with E-state index in [0.717, 1.165) is 24.1 Å². The van der Waals surface area contributed by atoms with Crippen LogP contribution in [-0.4, -0.2) is 93.7 Å². The van der Waals surface area contributed by atoms with Gasteiger partial charge in [0.1, 0.15) is 11.9 Å². The van der Waals surface area contributed by atoms with Gasteiger partial charge in [-0.25, -0.2) is 9.18 Å². The highest BCUT2D eigenvalue weighted by molar-refractivity contribution is 5.92. The van der Waals surface area contributed by atoms with Crippen LogP contribution in [0.15, 0.2) is 42.5 Å². The van der Waals surface area contributed by atoms with Gasteiger partial charge in [0.25, 0.3) is 0 Å². The van der Waals surface area contributed by atoms with Crippen LogP contribution >= 0.6 is 0 Å². The molecule has 0 unspecified atom stereocenters. The van der Waals surface area contributed by atoms with Crippen molar-refractivity contribution < 1.29 is 23.5 Å². The van der Waals surface area contributed by atoms with Crippen molar-refractivity contribution in [2.24, 2.45) is 5.73 Å². The van der Waals surface area contributed by atoms with Gasteiger partial charge in [0.15, 0.2) is 0 Å².